The SMILES string of the molecule is CCOC(C)CCC(=O)NC(C(=O)N[C@@H](CCCNC(N)=O)C(=O)Nc1ccc(COC(=O)C(C)C)cc1)C(C)C. The van der Waals surface area contributed by atoms with Gasteiger partial charge < -0.3 is 36.5 Å². The van der Waals surface area contributed by atoms with Gasteiger partial charge in [0.2, 0.25) is 17.7 Å². The molecular formula is C29H47N5O7. The molecule has 0 bridgehead atoms. The fourth-order valence-corrected chi connectivity index (χ4v) is 3.77. The van der Waals surface area contributed by atoms with E-state index in [-0.39, 0.29) is 55.8 Å². The average molecular weight is 578 g/mol. The largest absolute Gasteiger partial charge is 0.461 e. The van der Waals surface area contributed by atoms with Crippen LogP contribution in [0.2, 0.25) is 0 Å². The minimum atomic E-state index is -0.944. The Morgan fingerprint density at radius 2 is 1.56 bits per heavy atom. The van der Waals surface area contributed by atoms with Crippen molar-refractivity contribution in [2.45, 2.75) is 92.0 Å². The third-order valence-corrected chi connectivity index (χ3v) is 6.17. The van der Waals surface area contributed by atoms with E-state index in [0.29, 0.717) is 25.1 Å². The lowest BCUT2D eigenvalue weighted by molar-refractivity contribution is -0.148. The molecule has 2 unspecified atom stereocenters. The molecule has 0 spiro atoms. The lowest BCUT2D eigenvalue weighted by Gasteiger charge is -2.25. The molecule has 0 radical (unpaired) electrons. The molecule has 12 nitrogen and oxygen atoms in total. The molecule has 5 amide bonds. The molecule has 0 aromatic heterocycles. The topological polar surface area (TPSA) is 178 Å². The molecule has 3 atom stereocenters. The summed E-state index contributed by atoms with van der Waals surface area (Å²) in [5.41, 5.74) is 6.36. The first-order valence-electron chi connectivity index (χ1n) is 14.1. The highest BCUT2D eigenvalue weighted by molar-refractivity contribution is 5.98. The maximum absolute atomic E-state index is 13.2. The van der Waals surface area contributed by atoms with Gasteiger partial charge in [-0.1, -0.05) is 39.8 Å². The van der Waals surface area contributed by atoms with Gasteiger partial charge in [-0.25, -0.2) is 4.79 Å². The van der Waals surface area contributed by atoms with Gasteiger partial charge in [-0.05, 0) is 56.7 Å². The van der Waals surface area contributed by atoms with Crippen molar-refractivity contribution >= 4 is 35.4 Å². The second kappa shape index (κ2) is 18.6. The van der Waals surface area contributed by atoms with Crippen molar-refractivity contribution in [2.75, 3.05) is 18.5 Å². The number of rotatable bonds is 18. The monoisotopic (exact) mass is 577 g/mol. The first kappa shape index (κ1) is 35.4. The minimum absolute atomic E-state index is 0.0803. The third-order valence-electron chi connectivity index (χ3n) is 6.17. The van der Waals surface area contributed by atoms with Crippen molar-refractivity contribution in [2.24, 2.45) is 17.6 Å². The Kier molecular flexibility index (Phi) is 16.1. The molecule has 0 aliphatic rings. The van der Waals surface area contributed by atoms with Crippen LogP contribution in [0.5, 0.6) is 0 Å². The number of nitrogens with two attached hydrogens (primary N) is 1. The predicted octanol–water partition coefficient (Wildman–Crippen LogP) is 2.60. The number of anilines is 1. The Bertz CT molecular complexity index is 998. The second-order valence-corrected chi connectivity index (χ2v) is 10.5. The Hall–Kier alpha value is -3.67. The van der Waals surface area contributed by atoms with Gasteiger partial charge in [-0.3, -0.25) is 19.2 Å². The number of amides is 5. The summed E-state index contributed by atoms with van der Waals surface area (Å²) in [6, 6.07) is 4.32. The summed E-state index contributed by atoms with van der Waals surface area (Å²) in [5, 5.41) is 10.8. The van der Waals surface area contributed by atoms with E-state index in [1.165, 1.54) is 0 Å². The first-order chi connectivity index (χ1) is 19.3. The van der Waals surface area contributed by atoms with Crippen molar-refractivity contribution in [3.63, 3.8) is 0 Å². The van der Waals surface area contributed by atoms with Crippen LogP contribution in [0.15, 0.2) is 24.3 Å². The molecule has 1 rings (SSSR count). The van der Waals surface area contributed by atoms with E-state index in [4.69, 9.17) is 15.2 Å². The van der Waals surface area contributed by atoms with Crippen molar-refractivity contribution in [1.29, 1.82) is 0 Å². The zero-order valence-electron chi connectivity index (χ0n) is 25.1. The van der Waals surface area contributed by atoms with Crippen LogP contribution >= 0.6 is 0 Å². The number of nitrogens with one attached hydrogen (secondary N) is 4. The zero-order valence-corrected chi connectivity index (χ0v) is 25.1. The van der Waals surface area contributed by atoms with Crippen molar-refractivity contribution in [3.8, 4) is 0 Å². The summed E-state index contributed by atoms with van der Waals surface area (Å²) < 4.78 is 10.7. The molecule has 230 valence electrons. The quantitative estimate of drug-likeness (QED) is 0.131. The van der Waals surface area contributed by atoms with Crippen molar-refractivity contribution < 1.29 is 33.4 Å². The van der Waals surface area contributed by atoms with Gasteiger partial charge in [0.25, 0.3) is 0 Å². The smallest absolute Gasteiger partial charge is 0.312 e. The Morgan fingerprint density at radius 3 is 2.12 bits per heavy atom. The van der Waals surface area contributed by atoms with Gasteiger partial charge in [-0.15, -0.1) is 0 Å². The molecule has 0 aliphatic carbocycles. The summed E-state index contributed by atoms with van der Waals surface area (Å²) in [7, 11) is 0. The van der Waals surface area contributed by atoms with Crippen LogP contribution in [0.3, 0.4) is 0 Å². The molecule has 1 aromatic carbocycles. The second-order valence-electron chi connectivity index (χ2n) is 10.5. The maximum atomic E-state index is 13.2. The van der Waals surface area contributed by atoms with Crippen LogP contribution in [-0.4, -0.2) is 61.1 Å². The summed E-state index contributed by atoms with van der Waals surface area (Å²) >= 11 is 0. The predicted molar refractivity (Wildman–Crippen MR) is 156 cm³/mol. The summed E-state index contributed by atoms with van der Waals surface area (Å²) in [5.74, 6) is -2.00. The molecule has 0 fully saturated rings. The zero-order chi connectivity index (χ0) is 30.9. The molecule has 12 heteroatoms. The molecule has 6 N–H and O–H groups in total. The molecule has 0 saturated heterocycles. The van der Waals surface area contributed by atoms with E-state index < -0.39 is 29.9 Å². The number of carbonyl (C=O) groups excluding carboxylic acids is 5. The van der Waals surface area contributed by atoms with E-state index in [9.17, 15) is 24.0 Å². The van der Waals surface area contributed by atoms with Crippen LogP contribution in [0.1, 0.15) is 72.8 Å². The molecule has 1 aromatic rings. The number of primary amides is 1. The van der Waals surface area contributed by atoms with E-state index in [0.717, 1.165) is 5.56 Å². The van der Waals surface area contributed by atoms with Crippen LogP contribution in [0.25, 0.3) is 0 Å². The van der Waals surface area contributed by atoms with Gasteiger partial charge in [0, 0.05) is 25.3 Å². The molecule has 0 heterocycles. The number of benzene rings is 1. The lowest BCUT2D eigenvalue weighted by Crippen LogP contribution is -2.54. The van der Waals surface area contributed by atoms with Crippen molar-refractivity contribution in [3.05, 3.63) is 29.8 Å². The van der Waals surface area contributed by atoms with E-state index in [1.807, 2.05) is 13.8 Å². The van der Waals surface area contributed by atoms with Crippen LogP contribution in [0, 0.1) is 11.8 Å². The summed E-state index contributed by atoms with van der Waals surface area (Å²) in [6.45, 7) is 11.8. The standard InChI is InChI=1S/C29H47N5O7/c1-7-40-20(6)10-15-24(35)34-25(18(2)3)27(37)33-23(9-8-16-31-29(30)39)26(36)32-22-13-11-21(12-14-22)17-41-28(38)19(4)5/h11-14,18-20,23,25H,7-10,15-17H2,1-6H3,(H,32,36)(H,33,37)(H,34,35)(H3,30,31,39)/t20?,23-,25?/m0/s1. The van der Waals surface area contributed by atoms with Gasteiger partial charge in [0.15, 0.2) is 0 Å². The van der Waals surface area contributed by atoms with Crippen molar-refractivity contribution in [1.82, 2.24) is 16.0 Å². The van der Waals surface area contributed by atoms with E-state index >= 15 is 0 Å². The number of ether oxygens (including phenoxy) is 2. The van der Waals surface area contributed by atoms with Gasteiger partial charge in [0.05, 0.1) is 12.0 Å². The fourth-order valence-electron chi connectivity index (χ4n) is 3.77. The number of hydrogen-bond donors (Lipinski definition) is 5. The van der Waals surface area contributed by atoms with E-state index in [2.05, 4.69) is 21.3 Å². The molecule has 41 heavy (non-hydrogen) atoms. The van der Waals surface area contributed by atoms with E-state index in [1.54, 1.807) is 52.0 Å². The lowest BCUT2D eigenvalue weighted by atomic mass is 10.0. The highest BCUT2D eigenvalue weighted by Gasteiger charge is 2.29. The number of esters is 1. The highest BCUT2D eigenvalue weighted by Crippen LogP contribution is 2.13. The maximum Gasteiger partial charge on any atom is 0.312 e. The van der Waals surface area contributed by atoms with Crippen LogP contribution in [-0.2, 0) is 35.3 Å². The Balaban J connectivity index is 2.88. The summed E-state index contributed by atoms with van der Waals surface area (Å²) in [4.78, 5) is 61.7. The highest BCUT2D eigenvalue weighted by atomic mass is 16.5. The Labute approximate surface area is 242 Å². The summed E-state index contributed by atoms with van der Waals surface area (Å²) in [6.07, 6.45) is 1.22. The molecule has 0 saturated carbocycles. The number of hydrogen-bond acceptors (Lipinski definition) is 7. The number of urea groups is 1. The molecule has 0 aliphatic heterocycles. The average Bonchev–Trinajstić information content (AvgIpc) is 2.91. The minimum Gasteiger partial charge on any atom is -0.461 e. The first-order valence-corrected chi connectivity index (χ1v) is 14.1. The van der Waals surface area contributed by atoms with Gasteiger partial charge in [0.1, 0.15) is 18.7 Å². The van der Waals surface area contributed by atoms with Crippen LogP contribution < -0.4 is 27.0 Å². The van der Waals surface area contributed by atoms with Gasteiger partial charge in [-0.2, -0.15) is 0 Å². The normalized spacial score (nSPS) is 13.2. The van der Waals surface area contributed by atoms with Crippen LogP contribution in [0.4, 0.5) is 10.5 Å². The third kappa shape index (κ3) is 14.5. The Morgan fingerprint density at radius 1 is 0.902 bits per heavy atom. The molecular weight excluding hydrogens is 530 g/mol. The number of carbonyl (C=O) groups is 5. The van der Waals surface area contributed by atoms with Gasteiger partial charge >= 0.3 is 12.0 Å². The fraction of sp³-hybridized carbons (Fsp3) is 0.621.